The fraction of sp³-hybridized carbons (Fsp3) is 0.375. The number of carbonyl (C=O) groups is 2. The van der Waals surface area contributed by atoms with Crippen molar-refractivity contribution in [2.75, 3.05) is 25.2 Å². The van der Waals surface area contributed by atoms with Crippen molar-refractivity contribution in [3.8, 4) is 0 Å². The number of hydroxylamine groups is 1. The molecule has 0 saturated carbocycles. The van der Waals surface area contributed by atoms with E-state index in [-0.39, 0.29) is 5.91 Å². The number of rotatable bonds is 5. The van der Waals surface area contributed by atoms with Gasteiger partial charge >= 0.3 is 0 Å². The predicted octanol–water partition coefficient (Wildman–Crippen LogP) is 2.71. The Balaban J connectivity index is 1.48. The molecule has 1 spiro atoms. The second kappa shape index (κ2) is 8.03. The van der Waals surface area contributed by atoms with Crippen LogP contribution >= 0.6 is 0 Å². The number of fused-ring (bicyclic) bond motifs is 2. The number of imidazole rings is 1. The van der Waals surface area contributed by atoms with Gasteiger partial charge in [0.25, 0.3) is 5.91 Å². The highest BCUT2D eigenvalue weighted by molar-refractivity contribution is 6.00. The van der Waals surface area contributed by atoms with Gasteiger partial charge in [0, 0.05) is 25.8 Å². The van der Waals surface area contributed by atoms with Gasteiger partial charge in [-0.3, -0.25) is 19.7 Å². The normalized spacial score (nSPS) is 20.2. The molecule has 1 aliphatic carbocycles. The largest absolute Gasteiger partial charge is 0.383 e. The Labute approximate surface area is 185 Å². The summed E-state index contributed by atoms with van der Waals surface area (Å²) in [7, 11) is 1.67. The molecule has 0 bridgehead atoms. The zero-order chi connectivity index (χ0) is 22.3. The van der Waals surface area contributed by atoms with Gasteiger partial charge in [-0.15, -0.1) is 0 Å². The number of benzene rings is 2. The molecule has 2 heterocycles. The monoisotopic (exact) mass is 434 g/mol. The molecule has 1 atom stereocenters. The minimum absolute atomic E-state index is 0.0918. The Hall–Kier alpha value is -3.23. The predicted molar refractivity (Wildman–Crippen MR) is 119 cm³/mol. The lowest BCUT2D eigenvalue weighted by molar-refractivity contribution is -0.126. The molecule has 1 aromatic heterocycles. The van der Waals surface area contributed by atoms with Crippen LogP contribution < -0.4 is 10.4 Å². The summed E-state index contributed by atoms with van der Waals surface area (Å²) in [6, 6.07) is 13.3. The lowest BCUT2D eigenvalue weighted by atomic mass is 9.70. The van der Waals surface area contributed by atoms with Crippen LogP contribution in [0.2, 0.25) is 0 Å². The van der Waals surface area contributed by atoms with Crippen molar-refractivity contribution in [2.24, 2.45) is 5.41 Å². The second-order valence-electron chi connectivity index (χ2n) is 8.63. The van der Waals surface area contributed by atoms with Crippen LogP contribution in [0.3, 0.4) is 0 Å². The molecule has 166 valence electrons. The van der Waals surface area contributed by atoms with Crippen molar-refractivity contribution in [1.82, 2.24) is 15.0 Å². The number of nitrogens with zero attached hydrogens (tertiary/aromatic N) is 3. The quantitative estimate of drug-likeness (QED) is 0.475. The summed E-state index contributed by atoms with van der Waals surface area (Å²) >= 11 is 0. The average Bonchev–Trinajstić information content (AvgIpc) is 3.34. The number of anilines is 1. The number of methoxy groups -OCH3 is 1. The molecule has 8 nitrogen and oxygen atoms in total. The molecule has 1 fully saturated rings. The van der Waals surface area contributed by atoms with Crippen molar-refractivity contribution >= 4 is 28.8 Å². The van der Waals surface area contributed by atoms with Crippen LogP contribution in [0.1, 0.15) is 34.3 Å². The Bertz CT molecular complexity index is 1200. The van der Waals surface area contributed by atoms with Crippen molar-refractivity contribution in [1.29, 1.82) is 0 Å². The maximum atomic E-state index is 13.8. The first-order valence-electron chi connectivity index (χ1n) is 10.9. The van der Waals surface area contributed by atoms with Crippen molar-refractivity contribution < 1.29 is 19.5 Å². The van der Waals surface area contributed by atoms with Crippen LogP contribution in [0.15, 0.2) is 42.5 Å². The standard InChI is InChI=1S/C24H26N4O4/c1-32-13-12-27-20-5-3-2-4-19(20)25-23(27)28-11-10-24(22(28)30)9-8-16-6-7-17(21(29)26-31)14-18(16)15-24/h2-7,14,31H,8-13,15H2,1H3,(H,26,29). The Morgan fingerprint density at radius 2 is 2.06 bits per heavy atom. The summed E-state index contributed by atoms with van der Waals surface area (Å²) < 4.78 is 7.36. The van der Waals surface area contributed by atoms with Crippen LogP contribution in [0.5, 0.6) is 0 Å². The molecule has 2 amide bonds. The van der Waals surface area contributed by atoms with Crippen molar-refractivity contribution in [2.45, 2.75) is 32.2 Å². The minimum atomic E-state index is -0.543. The van der Waals surface area contributed by atoms with E-state index in [0.29, 0.717) is 37.6 Å². The van der Waals surface area contributed by atoms with Gasteiger partial charge in [0.05, 0.1) is 23.1 Å². The number of nitrogens with one attached hydrogen (secondary N) is 1. The number of carbonyl (C=O) groups excluding carboxylic acids is 2. The summed E-state index contributed by atoms with van der Waals surface area (Å²) in [6.07, 6.45) is 2.90. The van der Waals surface area contributed by atoms with Crippen molar-refractivity contribution in [3.63, 3.8) is 0 Å². The molecule has 1 unspecified atom stereocenters. The third-order valence-corrected chi connectivity index (χ3v) is 6.88. The number of aryl methyl sites for hydroxylation is 1. The van der Waals surface area contributed by atoms with E-state index in [9.17, 15) is 9.59 Å². The molecule has 1 aliphatic heterocycles. The number of amides is 2. The van der Waals surface area contributed by atoms with E-state index in [0.717, 1.165) is 41.4 Å². The summed E-state index contributed by atoms with van der Waals surface area (Å²) in [6.45, 7) is 1.76. The highest BCUT2D eigenvalue weighted by atomic mass is 16.5. The molecule has 32 heavy (non-hydrogen) atoms. The van der Waals surface area contributed by atoms with Gasteiger partial charge in [0.15, 0.2) is 0 Å². The van der Waals surface area contributed by atoms with Crippen LogP contribution in [0.4, 0.5) is 5.95 Å². The third kappa shape index (κ3) is 3.27. The summed E-state index contributed by atoms with van der Waals surface area (Å²) in [5, 5.41) is 8.97. The van der Waals surface area contributed by atoms with Gasteiger partial charge in [0.1, 0.15) is 0 Å². The first kappa shape index (κ1) is 20.7. The van der Waals surface area contributed by atoms with Gasteiger partial charge in [-0.05, 0) is 61.1 Å². The van der Waals surface area contributed by atoms with E-state index in [1.165, 1.54) is 0 Å². The molecule has 2 aliphatic rings. The average molecular weight is 434 g/mol. The summed E-state index contributed by atoms with van der Waals surface area (Å²) in [4.78, 5) is 32.3. The van der Waals surface area contributed by atoms with E-state index in [1.54, 1.807) is 24.7 Å². The lowest BCUT2D eigenvalue weighted by Crippen LogP contribution is -2.39. The van der Waals surface area contributed by atoms with Gasteiger partial charge in [-0.2, -0.15) is 0 Å². The fourth-order valence-electron chi connectivity index (χ4n) is 5.15. The molecule has 2 aromatic carbocycles. The zero-order valence-electron chi connectivity index (χ0n) is 18.0. The van der Waals surface area contributed by atoms with Gasteiger partial charge in [-0.1, -0.05) is 18.2 Å². The van der Waals surface area contributed by atoms with Crippen LogP contribution in [0.25, 0.3) is 11.0 Å². The topological polar surface area (TPSA) is 96.7 Å². The molecule has 8 heteroatoms. The molecule has 1 saturated heterocycles. The molecule has 5 rings (SSSR count). The maximum Gasteiger partial charge on any atom is 0.274 e. The Kier molecular flexibility index (Phi) is 5.19. The highest BCUT2D eigenvalue weighted by Gasteiger charge is 2.49. The van der Waals surface area contributed by atoms with Crippen LogP contribution in [-0.4, -0.2) is 46.8 Å². The SMILES string of the molecule is COCCn1c(N2CCC3(CCc4ccc(C(=O)NO)cc4C3)C2=O)nc2ccccc21. The lowest BCUT2D eigenvalue weighted by Gasteiger charge is -2.33. The van der Waals surface area contributed by atoms with E-state index in [4.69, 9.17) is 14.9 Å². The van der Waals surface area contributed by atoms with Crippen molar-refractivity contribution in [3.05, 3.63) is 59.2 Å². The minimum Gasteiger partial charge on any atom is -0.383 e. The summed E-state index contributed by atoms with van der Waals surface area (Å²) in [5.74, 6) is 0.220. The van der Waals surface area contributed by atoms with Gasteiger partial charge < -0.3 is 9.30 Å². The highest BCUT2D eigenvalue weighted by Crippen LogP contribution is 2.45. The fourth-order valence-corrected chi connectivity index (χ4v) is 5.15. The van der Waals surface area contributed by atoms with E-state index >= 15 is 0 Å². The van der Waals surface area contributed by atoms with Gasteiger partial charge in [0.2, 0.25) is 11.9 Å². The summed E-state index contributed by atoms with van der Waals surface area (Å²) in [5.41, 5.74) is 5.59. The first-order chi connectivity index (χ1) is 15.6. The molecule has 2 N–H and O–H groups in total. The molecule has 0 radical (unpaired) electrons. The first-order valence-corrected chi connectivity index (χ1v) is 10.9. The smallest absolute Gasteiger partial charge is 0.274 e. The van der Waals surface area contributed by atoms with E-state index in [2.05, 4.69) is 4.57 Å². The zero-order valence-corrected chi connectivity index (χ0v) is 18.0. The number of para-hydroxylation sites is 2. The number of hydrogen-bond donors (Lipinski definition) is 2. The maximum absolute atomic E-state index is 13.8. The van der Waals surface area contributed by atoms with E-state index in [1.807, 2.05) is 35.2 Å². The number of aromatic nitrogens is 2. The Morgan fingerprint density at radius 1 is 1.22 bits per heavy atom. The Morgan fingerprint density at radius 3 is 2.88 bits per heavy atom. The number of ether oxygens (including phenoxy) is 1. The van der Waals surface area contributed by atoms with Crippen LogP contribution in [-0.2, 0) is 28.9 Å². The van der Waals surface area contributed by atoms with Gasteiger partial charge in [-0.25, -0.2) is 10.5 Å². The molecular weight excluding hydrogens is 408 g/mol. The third-order valence-electron chi connectivity index (χ3n) is 6.88. The number of hydrogen-bond acceptors (Lipinski definition) is 5. The van der Waals surface area contributed by atoms with E-state index < -0.39 is 11.3 Å². The molecular formula is C24H26N4O4. The second-order valence-corrected chi connectivity index (χ2v) is 8.63. The molecule has 3 aromatic rings. The van der Waals surface area contributed by atoms with Crippen LogP contribution in [0, 0.1) is 5.41 Å².